The molecule has 2 aliphatic rings. The van der Waals surface area contributed by atoms with Crippen LogP contribution in [0.15, 0.2) is 23.5 Å². The van der Waals surface area contributed by atoms with Crippen LogP contribution in [0, 0.1) is 6.92 Å². The van der Waals surface area contributed by atoms with E-state index < -0.39 is 0 Å². The molecule has 0 atom stereocenters. The number of guanidine groups is 1. The number of hydrogen-bond donors (Lipinski definition) is 1. The molecular weight excluding hydrogens is 503 g/mol. The second-order valence-electron chi connectivity index (χ2n) is 8.35. The largest absolute Gasteiger partial charge is 0.357 e. The summed E-state index contributed by atoms with van der Waals surface area (Å²) in [6.45, 7) is 11.9. The Morgan fingerprint density at radius 2 is 1.77 bits per heavy atom. The Morgan fingerprint density at radius 1 is 1.06 bits per heavy atom. The van der Waals surface area contributed by atoms with Crippen molar-refractivity contribution in [1.82, 2.24) is 25.0 Å². The maximum atomic E-state index is 12.7. The SMILES string of the molecule is CCNC(=NCCc1ccncc1C)N1CCN(CC(=O)N2CCCCCC2)CC1.I. The Kier molecular flexibility index (Phi) is 11.6. The zero-order chi connectivity index (χ0) is 21.2. The second-order valence-corrected chi connectivity index (χ2v) is 8.35. The molecule has 0 aromatic carbocycles. The van der Waals surface area contributed by atoms with Gasteiger partial charge in [0.25, 0.3) is 0 Å². The number of carbonyl (C=O) groups excluding carboxylic acids is 1. The van der Waals surface area contributed by atoms with Gasteiger partial charge in [0.05, 0.1) is 6.54 Å². The summed E-state index contributed by atoms with van der Waals surface area (Å²) in [5.41, 5.74) is 2.53. The standard InChI is InChI=1S/C23H38N6O.HI/c1-3-25-23(26-11-9-21-8-10-24-18-20(21)2)29-16-14-27(15-17-29)19-22(30)28-12-6-4-5-7-13-28;/h8,10,18H,3-7,9,11-17,19H2,1-2H3,(H,25,26);1H. The van der Waals surface area contributed by atoms with Crippen LogP contribution in [-0.4, -0.2) is 90.5 Å². The monoisotopic (exact) mass is 542 g/mol. The number of carbonyl (C=O) groups is 1. The van der Waals surface area contributed by atoms with Gasteiger partial charge in [-0.1, -0.05) is 12.8 Å². The summed E-state index contributed by atoms with van der Waals surface area (Å²) in [6, 6.07) is 2.08. The summed E-state index contributed by atoms with van der Waals surface area (Å²) >= 11 is 0. The minimum Gasteiger partial charge on any atom is -0.357 e. The maximum absolute atomic E-state index is 12.7. The number of nitrogens with one attached hydrogen (secondary N) is 1. The first-order valence-electron chi connectivity index (χ1n) is 11.6. The lowest BCUT2D eigenvalue weighted by atomic mass is 10.1. The molecule has 0 radical (unpaired) electrons. The van der Waals surface area contributed by atoms with E-state index in [9.17, 15) is 4.79 Å². The topological polar surface area (TPSA) is 64.1 Å². The zero-order valence-electron chi connectivity index (χ0n) is 19.2. The summed E-state index contributed by atoms with van der Waals surface area (Å²) in [5, 5.41) is 3.44. The van der Waals surface area contributed by atoms with Gasteiger partial charge < -0.3 is 15.1 Å². The van der Waals surface area contributed by atoms with Crippen LogP contribution in [0.4, 0.5) is 0 Å². The van der Waals surface area contributed by atoms with Crippen molar-refractivity contribution < 1.29 is 4.79 Å². The van der Waals surface area contributed by atoms with Crippen molar-refractivity contribution in [3.63, 3.8) is 0 Å². The number of hydrogen-bond acceptors (Lipinski definition) is 4. The Morgan fingerprint density at radius 3 is 2.42 bits per heavy atom. The molecular formula is C23H39IN6O. The number of pyridine rings is 1. The molecule has 8 heteroatoms. The first kappa shape index (κ1) is 25.8. The minimum absolute atomic E-state index is 0. The van der Waals surface area contributed by atoms with Crippen LogP contribution in [-0.2, 0) is 11.2 Å². The smallest absolute Gasteiger partial charge is 0.236 e. The molecule has 2 aliphatic heterocycles. The van der Waals surface area contributed by atoms with Crippen molar-refractivity contribution >= 4 is 35.8 Å². The number of rotatable bonds is 6. The molecule has 1 aromatic rings. The van der Waals surface area contributed by atoms with E-state index >= 15 is 0 Å². The third-order valence-electron chi connectivity index (χ3n) is 6.10. The number of nitrogens with zero attached hydrogens (tertiary/aromatic N) is 5. The van der Waals surface area contributed by atoms with Gasteiger partial charge in [-0.05, 0) is 50.3 Å². The number of likely N-dealkylation sites (tertiary alicyclic amines) is 1. The van der Waals surface area contributed by atoms with Crippen LogP contribution in [0.2, 0.25) is 0 Å². The van der Waals surface area contributed by atoms with E-state index in [-0.39, 0.29) is 24.0 Å². The fourth-order valence-corrected chi connectivity index (χ4v) is 4.22. The number of halogens is 1. The number of aryl methyl sites for hydroxylation is 1. The van der Waals surface area contributed by atoms with E-state index in [1.807, 2.05) is 12.4 Å². The lowest BCUT2D eigenvalue weighted by Gasteiger charge is -2.37. The molecule has 7 nitrogen and oxygen atoms in total. The Balaban J connectivity index is 0.00000341. The van der Waals surface area contributed by atoms with Gasteiger partial charge in [-0.25, -0.2) is 0 Å². The Labute approximate surface area is 204 Å². The highest BCUT2D eigenvalue weighted by Crippen LogP contribution is 2.11. The van der Waals surface area contributed by atoms with E-state index in [2.05, 4.69) is 44.9 Å². The predicted molar refractivity (Wildman–Crippen MR) is 137 cm³/mol. The van der Waals surface area contributed by atoms with Crippen LogP contribution >= 0.6 is 24.0 Å². The molecule has 1 amide bonds. The fourth-order valence-electron chi connectivity index (χ4n) is 4.22. The number of amides is 1. The summed E-state index contributed by atoms with van der Waals surface area (Å²) in [6.07, 6.45) is 9.51. The zero-order valence-corrected chi connectivity index (χ0v) is 21.5. The van der Waals surface area contributed by atoms with Crippen molar-refractivity contribution in [3.8, 4) is 0 Å². The van der Waals surface area contributed by atoms with Gasteiger partial charge in [-0.3, -0.25) is 19.7 Å². The molecule has 31 heavy (non-hydrogen) atoms. The van der Waals surface area contributed by atoms with Crippen LogP contribution in [0.3, 0.4) is 0 Å². The molecule has 0 spiro atoms. The van der Waals surface area contributed by atoms with Crippen LogP contribution < -0.4 is 5.32 Å². The van der Waals surface area contributed by atoms with Gasteiger partial charge in [0.1, 0.15) is 0 Å². The van der Waals surface area contributed by atoms with E-state index in [0.29, 0.717) is 12.5 Å². The first-order valence-corrected chi connectivity index (χ1v) is 11.6. The van der Waals surface area contributed by atoms with Crippen molar-refractivity contribution in [2.24, 2.45) is 4.99 Å². The van der Waals surface area contributed by atoms with Crippen LogP contribution in [0.1, 0.15) is 43.7 Å². The van der Waals surface area contributed by atoms with Gasteiger partial charge in [-0.15, -0.1) is 24.0 Å². The quantitative estimate of drug-likeness (QED) is 0.340. The molecule has 0 unspecified atom stereocenters. The number of piperazine rings is 1. The highest BCUT2D eigenvalue weighted by atomic mass is 127. The minimum atomic E-state index is 0. The van der Waals surface area contributed by atoms with Crippen molar-refractivity contribution in [2.45, 2.75) is 46.0 Å². The van der Waals surface area contributed by atoms with Crippen molar-refractivity contribution in [2.75, 3.05) is 58.9 Å². The van der Waals surface area contributed by atoms with Gasteiger partial charge in [0, 0.05) is 64.8 Å². The molecule has 2 saturated heterocycles. The summed E-state index contributed by atoms with van der Waals surface area (Å²) in [7, 11) is 0. The molecule has 1 aromatic heterocycles. The highest BCUT2D eigenvalue weighted by Gasteiger charge is 2.23. The highest BCUT2D eigenvalue weighted by molar-refractivity contribution is 14.0. The van der Waals surface area contributed by atoms with Crippen LogP contribution in [0.25, 0.3) is 0 Å². The van der Waals surface area contributed by atoms with E-state index in [4.69, 9.17) is 4.99 Å². The first-order chi connectivity index (χ1) is 14.7. The lowest BCUT2D eigenvalue weighted by molar-refractivity contribution is -0.132. The van der Waals surface area contributed by atoms with E-state index in [1.54, 1.807) is 0 Å². The number of aliphatic imine (C=N–C) groups is 1. The van der Waals surface area contributed by atoms with Crippen molar-refractivity contribution in [1.29, 1.82) is 0 Å². The Hall–Kier alpha value is -1.42. The fraction of sp³-hybridized carbons (Fsp3) is 0.696. The molecule has 2 fully saturated rings. The molecule has 174 valence electrons. The van der Waals surface area contributed by atoms with Gasteiger partial charge in [-0.2, -0.15) is 0 Å². The molecule has 0 saturated carbocycles. The maximum Gasteiger partial charge on any atom is 0.236 e. The van der Waals surface area contributed by atoms with Gasteiger partial charge >= 0.3 is 0 Å². The number of aromatic nitrogens is 1. The van der Waals surface area contributed by atoms with E-state index in [0.717, 1.165) is 77.6 Å². The van der Waals surface area contributed by atoms with Gasteiger partial charge in [0.15, 0.2) is 5.96 Å². The third-order valence-corrected chi connectivity index (χ3v) is 6.10. The van der Waals surface area contributed by atoms with E-state index in [1.165, 1.54) is 24.0 Å². The second kappa shape index (κ2) is 13.9. The summed E-state index contributed by atoms with van der Waals surface area (Å²) in [5.74, 6) is 1.29. The molecule has 0 bridgehead atoms. The summed E-state index contributed by atoms with van der Waals surface area (Å²) < 4.78 is 0. The van der Waals surface area contributed by atoms with Crippen molar-refractivity contribution in [3.05, 3.63) is 29.6 Å². The van der Waals surface area contributed by atoms with Gasteiger partial charge in [0.2, 0.25) is 5.91 Å². The average Bonchev–Trinajstić information content (AvgIpc) is 3.05. The third kappa shape index (κ3) is 8.21. The molecule has 3 rings (SSSR count). The van der Waals surface area contributed by atoms with Crippen LogP contribution in [0.5, 0.6) is 0 Å². The normalized spacial score (nSPS) is 18.3. The molecule has 1 N–H and O–H groups in total. The molecule has 0 aliphatic carbocycles. The average molecular weight is 543 g/mol. The molecule has 3 heterocycles. The lowest BCUT2D eigenvalue weighted by Crippen LogP contribution is -2.54. The Bertz CT molecular complexity index is 697. The summed E-state index contributed by atoms with van der Waals surface area (Å²) in [4.78, 5) is 28.4. The predicted octanol–water partition coefficient (Wildman–Crippen LogP) is 2.54.